The summed E-state index contributed by atoms with van der Waals surface area (Å²) in [4.78, 5) is 0. The Labute approximate surface area is 95.2 Å². The van der Waals surface area contributed by atoms with Crippen LogP contribution in [0.2, 0.25) is 0 Å². The van der Waals surface area contributed by atoms with Gasteiger partial charge in [0.2, 0.25) is 0 Å². The van der Waals surface area contributed by atoms with Crippen LogP contribution in [0.3, 0.4) is 0 Å². The van der Waals surface area contributed by atoms with E-state index in [9.17, 15) is 0 Å². The molecule has 0 N–H and O–H groups in total. The fourth-order valence-electron chi connectivity index (χ4n) is 0.823. The standard InChI is InChI=1S/C10H21BrO3/c1-10(2,9-11)14-8-7-13-6-4-5-12-3/h4-9H2,1-3H3. The lowest BCUT2D eigenvalue weighted by Gasteiger charge is -2.22. The highest BCUT2D eigenvalue weighted by Gasteiger charge is 2.15. The van der Waals surface area contributed by atoms with Crippen molar-refractivity contribution >= 4 is 15.9 Å². The molecule has 0 aliphatic heterocycles. The zero-order chi connectivity index (χ0) is 10.9. The summed E-state index contributed by atoms with van der Waals surface area (Å²) in [6.07, 6.45) is 0.943. The maximum atomic E-state index is 5.58. The van der Waals surface area contributed by atoms with Gasteiger partial charge in [-0.1, -0.05) is 15.9 Å². The van der Waals surface area contributed by atoms with Crippen LogP contribution in [0.25, 0.3) is 0 Å². The van der Waals surface area contributed by atoms with Gasteiger partial charge < -0.3 is 14.2 Å². The first-order valence-electron chi connectivity index (χ1n) is 4.89. The van der Waals surface area contributed by atoms with E-state index in [1.165, 1.54) is 0 Å². The molecule has 0 aromatic heterocycles. The zero-order valence-electron chi connectivity index (χ0n) is 9.35. The summed E-state index contributed by atoms with van der Waals surface area (Å²) >= 11 is 3.39. The number of ether oxygens (including phenoxy) is 3. The van der Waals surface area contributed by atoms with Crippen LogP contribution in [0, 0.1) is 0 Å². The number of hydrogen-bond acceptors (Lipinski definition) is 3. The summed E-state index contributed by atoms with van der Waals surface area (Å²) in [5.41, 5.74) is -0.101. The third kappa shape index (κ3) is 8.94. The minimum Gasteiger partial charge on any atom is -0.385 e. The number of hydrogen-bond donors (Lipinski definition) is 0. The van der Waals surface area contributed by atoms with Gasteiger partial charge in [-0.15, -0.1) is 0 Å². The fourth-order valence-corrected chi connectivity index (χ4v) is 0.985. The van der Waals surface area contributed by atoms with Crippen molar-refractivity contribution in [2.75, 3.05) is 38.9 Å². The van der Waals surface area contributed by atoms with E-state index in [0.717, 1.165) is 25.0 Å². The summed E-state index contributed by atoms with van der Waals surface area (Å²) in [6.45, 7) is 6.89. The quantitative estimate of drug-likeness (QED) is 0.474. The first kappa shape index (κ1) is 14.4. The molecule has 0 radical (unpaired) electrons. The molecule has 0 unspecified atom stereocenters. The molecule has 4 heteroatoms. The molecule has 0 heterocycles. The highest BCUT2D eigenvalue weighted by atomic mass is 79.9. The Hall–Kier alpha value is 0.360. The van der Waals surface area contributed by atoms with Gasteiger partial charge in [-0.05, 0) is 20.3 Å². The summed E-state index contributed by atoms with van der Waals surface area (Å²) in [5, 5.41) is 0.837. The second kappa shape index (κ2) is 8.65. The molecule has 0 rings (SSSR count). The number of methoxy groups -OCH3 is 1. The second-order valence-corrected chi connectivity index (χ2v) is 4.26. The van der Waals surface area contributed by atoms with Crippen molar-refractivity contribution in [3.63, 3.8) is 0 Å². The van der Waals surface area contributed by atoms with Crippen LogP contribution in [-0.2, 0) is 14.2 Å². The third-order valence-corrected chi connectivity index (χ3v) is 3.03. The predicted octanol–water partition coefficient (Wildman–Crippen LogP) is 2.23. The van der Waals surface area contributed by atoms with Gasteiger partial charge in [0.15, 0.2) is 0 Å². The molecule has 86 valence electrons. The van der Waals surface area contributed by atoms with E-state index in [4.69, 9.17) is 14.2 Å². The lowest BCUT2D eigenvalue weighted by atomic mass is 10.2. The van der Waals surface area contributed by atoms with Gasteiger partial charge in [0.1, 0.15) is 0 Å². The molecule has 0 bridgehead atoms. The molecule has 0 amide bonds. The van der Waals surface area contributed by atoms with Crippen LogP contribution in [0.15, 0.2) is 0 Å². The molecule has 0 spiro atoms. The Kier molecular flexibility index (Phi) is 8.87. The first-order valence-corrected chi connectivity index (χ1v) is 6.01. The third-order valence-electron chi connectivity index (χ3n) is 1.68. The SMILES string of the molecule is COCCCOCCOC(C)(C)CBr. The maximum absolute atomic E-state index is 5.58. The highest BCUT2D eigenvalue weighted by Crippen LogP contribution is 2.11. The average molecular weight is 269 g/mol. The van der Waals surface area contributed by atoms with Crippen LogP contribution >= 0.6 is 15.9 Å². The molecule has 0 aromatic carbocycles. The molecule has 0 saturated heterocycles. The van der Waals surface area contributed by atoms with Gasteiger partial charge in [-0.25, -0.2) is 0 Å². The number of halogens is 1. The summed E-state index contributed by atoms with van der Waals surface area (Å²) in [5.74, 6) is 0. The first-order chi connectivity index (χ1) is 6.62. The second-order valence-electron chi connectivity index (χ2n) is 3.70. The summed E-state index contributed by atoms with van der Waals surface area (Å²) in [7, 11) is 1.70. The van der Waals surface area contributed by atoms with Gasteiger partial charge in [0.05, 0.1) is 18.8 Å². The molecule has 3 nitrogen and oxygen atoms in total. The molecule has 0 fully saturated rings. The Morgan fingerprint density at radius 3 is 2.36 bits per heavy atom. The molecule has 0 atom stereocenters. The molecule has 0 saturated carbocycles. The number of alkyl halides is 1. The zero-order valence-corrected chi connectivity index (χ0v) is 10.9. The van der Waals surface area contributed by atoms with E-state index in [-0.39, 0.29) is 5.60 Å². The Morgan fingerprint density at radius 2 is 1.79 bits per heavy atom. The minimum atomic E-state index is -0.101. The summed E-state index contributed by atoms with van der Waals surface area (Å²) in [6, 6.07) is 0. The van der Waals surface area contributed by atoms with E-state index in [2.05, 4.69) is 15.9 Å². The van der Waals surface area contributed by atoms with Gasteiger partial charge in [-0.2, -0.15) is 0 Å². The normalized spacial score (nSPS) is 12.0. The molecule has 14 heavy (non-hydrogen) atoms. The maximum Gasteiger partial charge on any atom is 0.0724 e. The topological polar surface area (TPSA) is 27.7 Å². The Bertz CT molecular complexity index is 129. The predicted molar refractivity (Wildman–Crippen MR) is 61.1 cm³/mol. The van der Waals surface area contributed by atoms with Crippen LogP contribution in [-0.4, -0.2) is 44.5 Å². The largest absolute Gasteiger partial charge is 0.385 e. The number of rotatable bonds is 9. The van der Waals surface area contributed by atoms with Crippen molar-refractivity contribution in [3.05, 3.63) is 0 Å². The monoisotopic (exact) mass is 268 g/mol. The van der Waals surface area contributed by atoms with Crippen molar-refractivity contribution in [1.29, 1.82) is 0 Å². The Balaban J connectivity index is 3.13. The lowest BCUT2D eigenvalue weighted by molar-refractivity contribution is -0.0330. The Morgan fingerprint density at radius 1 is 1.07 bits per heavy atom. The molecule has 0 aliphatic carbocycles. The van der Waals surface area contributed by atoms with Gasteiger partial charge >= 0.3 is 0 Å². The van der Waals surface area contributed by atoms with E-state index >= 15 is 0 Å². The van der Waals surface area contributed by atoms with Crippen molar-refractivity contribution in [1.82, 2.24) is 0 Å². The van der Waals surface area contributed by atoms with Gasteiger partial charge in [0, 0.05) is 25.7 Å². The fraction of sp³-hybridized carbons (Fsp3) is 1.00. The van der Waals surface area contributed by atoms with E-state index in [0.29, 0.717) is 13.2 Å². The van der Waals surface area contributed by atoms with Gasteiger partial charge in [-0.3, -0.25) is 0 Å². The minimum absolute atomic E-state index is 0.101. The highest BCUT2D eigenvalue weighted by molar-refractivity contribution is 9.09. The average Bonchev–Trinajstić information content (AvgIpc) is 2.16. The lowest BCUT2D eigenvalue weighted by Crippen LogP contribution is -2.28. The molecular weight excluding hydrogens is 248 g/mol. The molecular formula is C10H21BrO3. The van der Waals surface area contributed by atoms with Crippen molar-refractivity contribution in [2.45, 2.75) is 25.9 Å². The smallest absolute Gasteiger partial charge is 0.0724 e. The van der Waals surface area contributed by atoms with Crippen molar-refractivity contribution in [3.8, 4) is 0 Å². The molecule has 0 aliphatic rings. The van der Waals surface area contributed by atoms with Crippen LogP contribution in [0.4, 0.5) is 0 Å². The van der Waals surface area contributed by atoms with Crippen molar-refractivity contribution < 1.29 is 14.2 Å². The van der Waals surface area contributed by atoms with Crippen LogP contribution in [0.5, 0.6) is 0 Å². The van der Waals surface area contributed by atoms with E-state index in [1.54, 1.807) is 7.11 Å². The van der Waals surface area contributed by atoms with Gasteiger partial charge in [0.25, 0.3) is 0 Å². The molecule has 0 aromatic rings. The van der Waals surface area contributed by atoms with Crippen molar-refractivity contribution in [2.24, 2.45) is 0 Å². The van der Waals surface area contributed by atoms with Crippen LogP contribution in [0.1, 0.15) is 20.3 Å². The van der Waals surface area contributed by atoms with E-state index < -0.39 is 0 Å². The van der Waals surface area contributed by atoms with E-state index in [1.807, 2.05) is 13.8 Å². The van der Waals surface area contributed by atoms with Crippen LogP contribution < -0.4 is 0 Å². The summed E-state index contributed by atoms with van der Waals surface area (Å²) < 4.78 is 15.8.